The van der Waals surface area contributed by atoms with Gasteiger partial charge in [-0.2, -0.15) is 4.98 Å². The van der Waals surface area contributed by atoms with Crippen molar-refractivity contribution < 1.29 is 9.73 Å². The number of nitrogens with one attached hydrogen (secondary N) is 1. The lowest BCUT2D eigenvalue weighted by molar-refractivity contribution is 0.232. The number of hydroxylamine groups is 1. The molecule has 13 heavy (non-hydrogen) atoms. The van der Waals surface area contributed by atoms with Gasteiger partial charge in [0.1, 0.15) is 0 Å². The molecule has 0 amide bonds. The third-order valence-electron chi connectivity index (χ3n) is 1.30. The number of nitrogens with zero attached hydrogens (tertiary/aromatic N) is 3. The Morgan fingerprint density at radius 2 is 2.54 bits per heavy atom. The van der Waals surface area contributed by atoms with E-state index < -0.39 is 0 Å². The quantitative estimate of drug-likeness (QED) is 0.323. The Kier molecular flexibility index (Phi) is 3.21. The first-order valence-corrected chi connectivity index (χ1v) is 3.71. The van der Waals surface area contributed by atoms with Crippen LogP contribution in [0.2, 0.25) is 0 Å². The summed E-state index contributed by atoms with van der Waals surface area (Å²) >= 11 is 0. The smallest absolute Gasteiger partial charge is 0.223 e. The van der Waals surface area contributed by atoms with Crippen LogP contribution in [-0.2, 0) is 6.42 Å². The zero-order valence-corrected chi connectivity index (χ0v) is 7.19. The van der Waals surface area contributed by atoms with Gasteiger partial charge in [0.25, 0.3) is 0 Å². The number of aromatic nitrogens is 2. The molecule has 4 N–H and O–H groups in total. The topological polar surface area (TPSA) is 110 Å². The van der Waals surface area contributed by atoms with Crippen molar-refractivity contribution in [1.29, 1.82) is 0 Å². The number of rotatable bonds is 3. The van der Waals surface area contributed by atoms with Gasteiger partial charge < -0.3 is 10.3 Å². The summed E-state index contributed by atoms with van der Waals surface area (Å²) in [4.78, 5) is 7.72. The van der Waals surface area contributed by atoms with E-state index in [0.717, 1.165) is 0 Å². The van der Waals surface area contributed by atoms with Gasteiger partial charge in [-0.3, -0.25) is 10.2 Å². The molecule has 1 heterocycles. The van der Waals surface area contributed by atoms with Gasteiger partial charge in [0, 0.05) is 13.3 Å². The second-order valence-electron chi connectivity index (χ2n) is 2.36. The zero-order valence-electron chi connectivity index (χ0n) is 7.19. The maximum atomic E-state index is 8.28. The van der Waals surface area contributed by atoms with E-state index >= 15 is 0 Å². The molecule has 0 unspecified atom stereocenters. The van der Waals surface area contributed by atoms with Crippen LogP contribution in [0.3, 0.4) is 0 Å². The van der Waals surface area contributed by atoms with Crippen LogP contribution in [0, 0.1) is 6.92 Å². The highest BCUT2D eigenvalue weighted by Gasteiger charge is 2.00. The summed E-state index contributed by atoms with van der Waals surface area (Å²) in [6.07, 6.45) is 0.528. The van der Waals surface area contributed by atoms with Gasteiger partial charge in [0.15, 0.2) is 5.82 Å². The zero-order chi connectivity index (χ0) is 9.68. The van der Waals surface area contributed by atoms with Gasteiger partial charge in [-0.05, 0) is 0 Å². The monoisotopic (exact) mass is 185 g/mol. The molecule has 0 radical (unpaired) electrons. The molecule has 7 nitrogen and oxygen atoms in total. The van der Waals surface area contributed by atoms with Gasteiger partial charge >= 0.3 is 0 Å². The number of hydrogen-bond donors (Lipinski definition) is 3. The first-order valence-electron chi connectivity index (χ1n) is 3.71. The van der Waals surface area contributed by atoms with Crippen LogP contribution in [0.4, 0.5) is 0 Å². The number of aryl methyl sites for hydroxylation is 1. The summed E-state index contributed by atoms with van der Waals surface area (Å²) in [5.74, 6) is 1.07. The first kappa shape index (κ1) is 9.46. The maximum Gasteiger partial charge on any atom is 0.223 e. The molecule has 72 valence electrons. The van der Waals surface area contributed by atoms with Crippen molar-refractivity contribution in [3.05, 3.63) is 11.7 Å². The molecule has 0 fully saturated rings. The average molecular weight is 185 g/mol. The van der Waals surface area contributed by atoms with E-state index in [1.54, 1.807) is 12.4 Å². The summed E-state index contributed by atoms with van der Waals surface area (Å²) < 4.78 is 4.74. The highest BCUT2D eigenvalue weighted by Crippen LogP contribution is 1.95. The van der Waals surface area contributed by atoms with Crippen molar-refractivity contribution in [2.24, 2.45) is 10.7 Å². The summed E-state index contributed by atoms with van der Waals surface area (Å²) in [7, 11) is 0. The second-order valence-corrected chi connectivity index (χ2v) is 2.36. The van der Waals surface area contributed by atoms with Crippen LogP contribution in [-0.4, -0.2) is 27.9 Å². The van der Waals surface area contributed by atoms with Crippen molar-refractivity contribution in [3.8, 4) is 0 Å². The molecule has 7 heteroatoms. The second kappa shape index (κ2) is 4.41. The lowest BCUT2D eigenvalue weighted by Crippen LogP contribution is -2.28. The fourth-order valence-corrected chi connectivity index (χ4v) is 0.755. The Bertz CT molecular complexity index is 295. The summed E-state index contributed by atoms with van der Waals surface area (Å²) in [5, 5.41) is 11.9. The summed E-state index contributed by atoms with van der Waals surface area (Å²) in [6.45, 7) is 2.11. The highest BCUT2D eigenvalue weighted by atomic mass is 16.5. The molecule has 0 saturated carbocycles. The van der Waals surface area contributed by atoms with Crippen LogP contribution in [0.15, 0.2) is 9.52 Å². The molecule has 1 aromatic rings. The van der Waals surface area contributed by atoms with Crippen molar-refractivity contribution in [3.63, 3.8) is 0 Å². The molecule has 1 rings (SSSR count). The third-order valence-corrected chi connectivity index (χ3v) is 1.30. The molecule has 0 atom stereocenters. The number of hydrogen-bond acceptors (Lipinski definition) is 5. The third kappa shape index (κ3) is 3.08. The van der Waals surface area contributed by atoms with Crippen LogP contribution in [0.1, 0.15) is 11.7 Å². The molecule has 0 spiro atoms. The Hall–Kier alpha value is -1.63. The Balaban J connectivity index is 2.35. The van der Waals surface area contributed by atoms with Crippen LogP contribution < -0.4 is 11.2 Å². The van der Waals surface area contributed by atoms with E-state index in [1.807, 2.05) is 0 Å². The number of guanidine groups is 1. The van der Waals surface area contributed by atoms with Crippen molar-refractivity contribution in [2.45, 2.75) is 13.3 Å². The fraction of sp³-hybridized carbons (Fsp3) is 0.500. The van der Waals surface area contributed by atoms with E-state index in [9.17, 15) is 0 Å². The van der Waals surface area contributed by atoms with Gasteiger partial charge in [0.05, 0.1) is 6.54 Å². The molecule has 0 bridgehead atoms. The molecule has 0 aliphatic heterocycles. The molecule has 0 aliphatic rings. The Morgan fingerprint density at radius 3 is 3.08 bits per heavy atom. The van der Waals surface area contributed by atoms with E-state index in [2.05, 4.69) is 15.1 Å². The van der Waals surface area contributed by atoms with Gasteiger partial charge in [0.2, 0.25) is 11.9 Å². The normalized spacial score (nSPS) is 11.7. The molecular formula is C6H11N5O2. The molecule has 0 aromatic carbocycles. The minimum Gasteiger partial charge on any atom is -0.368 e. The first-order chi connectivity index (χ1) is 6.22. The number of nitrogens with two attached hydrogens (primary N) is 1. The SMILES string of the molecule is Cc1nc(CCN=C(N)NO)no1. The van der Waals surface area contributed by atoms with Gasteiger partial charge in [-0.1, -0.05) is 5.16 Å². The van der Waals surface area contributed by atoms with E-state index in [0.29, 0.717) is 24.7 Å². The maximum absolute atomic E-state index is 8.28. The Morgan fingerprint density at radius 1 is 1.77 bits per heavy atom. The minimum absolute atomic E-state index is 0.0276. The Labute approximate surface area is 74.6 Å². The van der Waals surface area contributed by atoms with Gasteiger partial charge in [-0.25, -0.2) is 5.48 Å². The van der Waals surface area contributed by atoms with Crippen molar-refractivity contribution in [2.75, 3.05) is 6.54 Å². The van der Waals surface area contributed by atoms with Crippen molar-refractivity contribution in [1.82, 2.24) is 15.6 Å². The van der Waals surface area contributed by atoms with E-state index in [-0.39, 0.29) is 5.96 Å². The minimum atomic E-state index is -0.0276. The average Bonchev–Trinajstić information content (AvgIpc) is 2.51. The number of aliphatic imine (C=N–C) groups is 1. The molecule has 0 saturated heterocycles. The van der Waals surface area contributed by atoms with Gasteiger partial charge in [-0.15, -0.1) is 0 Å². The largest absolute Gasteiger partial charge is 0.368 e. The molecule has 1 aromatic heterocycles. The summed E-state index contributed by atoms with van der Waals surface area (Å²) in [6, 6.07) is 0. The lowest BCUT2D eigenvalue weighted by atomic mass is 10.4. The molecule has 0 aliphatic carbocycles. The van der Waals surface area contributed by atoms with Crippen LogP contribution >= 0.6 is 0 Å². The van der Waals surface area contributed by atoms with E-state index in [1.165, 1.54) is 0 Å². The predicted molar refractivity (Wildman–Crippen MR) is 44.2 cm³/mol. The standard InChI is InChI=1S/C6H11N5O2/c1-4-9-5(11-13-4)2-3-8-6(7)10-12/h12H,2-3H2,1H3,(H3,7,8,10). The van der Waals surface area contributed by atoms with Crippen LogP contribution in [0.5, 0.6) is 0 Å². The van der Waals surface area contributed by atoms with E-state index in [4.69, 9.17) is 15.5 Å². The van der Waals surface area contributed by atoms with Crippen LogP contribution in [0.25, 0.3) is 0 Å². The lowest BCUT2D eigenvalue weighted by Gasteiger charge is -1.94. The summed E-state index contributed by atoms with van der Waals surface area (Å²) in [5.41, 5.74) is 6.89. The molecular weight excluding hydrogens is 174 g/mol. The predicted octanol–water partition coefficient (Wildman–Crippen LogP) is -0.786. The highest BCUT2D eigenvalue weighted by molar-refractivity contribution is 5.76. The van der Waals surface area contributed by atoms with Crippen molar-refractivity contribution >= 4 is 5.96 Å². The fourth-order valence-electron chi connectivity index (χ4n) is 0.755.